The Morgan fingerprint density at radius 3 is 2.67 bits per heavy atom. The van der Waals surface area contributed by atoms with Crippen molar-refractivity contribution < 1.29 is 9.13 Å². The van der Waals surface area contributed by atoms with Crippen LogP contribution in [0.1, 0.15) is 17.2 Å². The van der Waals surface area contributed by atoms with E-state index in [4.69, 9.17) is 4.74 Å². The minimum absolute atomic E-state index is 0.193. The number of rotatable bonds is 6. The molecule has 0 saturated carbocycles. The average Bonchev–Trinajstić information content (AvgIpc) is 2.49. The summed E-state index contributed by atoms with van der Waals surface area (Å²) in [5.74, 6) is 1.51. The highest BCUT2D eigenvalue weighted by molar-refractivity contribution is 7.99. The molecule has 2 nitrogen and oxygen atoms in total. The van der Waals surface area contributed by atoms with Gasteiger partial charge < -0.3 is 10.1 Å². The molecular formula is C17H20FNOS. The van der Waals surface area contributed by atoms with E-state index in [1.165, 1.54) is 17.2 Å². The van der Waals surface area contributed by atoms with Gasteiger partial charge in [-0.25, -0.2) is 4.39 Å². The van der Waals surface area contributed by atoms with Gasteiger partial charge >= 0.3 is 0 Å². The van der Waals surface area contributed by atoms with Crippen molar-refractivity contribution in [2.45, 2.75) is 17.9 Å². The van der Waals surface area contributed by atoms with Gasteiger partial charge in [-0.15, -0.1) is 11.8 Å². The predicted molar refractivity (Wildman–Crippen MR) is 86.7 cm³/mol. The Bertz CT molecular complexity index is 603. The van der Waals surface area contributed by atoms with E-state index in [2.05, 4.69) is 18.3 Å². The van der Waals surface area contributed by atoms with Gasteiger partial charge in [0.25, 0.3) is 0 Å². The van der Waals surface area contributed by atoms with Crippen LogP contribution in [0.2, 0.25) is 0 Å². The van der Waals surface area contributed by atoms with Crippen LogP contribution in [-0.4, -0.2) is 19.9 Å². The summed E-state index contributed by atoms with van der Waals surface area (Å²) in [7, 11) is 3.62. The van der Waals surface area contributed by atoms with Crippen molar-refractivity contribution >= 4 is 11.8 Å². The first-order chi connectivity index (χ1) is 10.1. The maximum Gasteiger partial charge on any atom is 0.124 e. The van der Waals surface area contributed by atoms with E-state index >= 15 is 0 Å². The molecule has 0 aliphatic heterocycles. The fourth-order valence-corrected chi connectivity index (χ4v) is 3.31. The minimum atomic E-state index is -0.193. The van der Waals surface area contributed by atoms with E-state index in [1.807, 2.05) is 25.2 Å². The molecular weight excluding hydrogens is 285 g/mol. The first-order valence-corrected chi connectivity index (χ1v) is 7.82. The first-order valence-electron chi connectivity index (χ1n) is 6.84. The fourth-order valence-electron chi connectivity index (χ4n) is 2.23. The summed E-state index contributed by atoms with van der Waals surface area (Å²) in [4.78, 5) is 0.946. The molecule has 0 radical (unpaired) electrons. The third-order valence-electron chi connectivity index (χ3n) is 3.41. The Labute approximate surface area is 129 Å². The number of benzene rings is 2. The zero-order valence-corrected chi connectivity index (χ0v) is 13.3. The SMILES string of the molecule is CNC(CSc1cccc(F)c1)c1ccc(OC)cc1C. The van der Waals surface area contributed by atoms with E-state index in [9.17, 15) is 4.39 Å². The van der Waals surface area contributed by atoms with E-state index in [0.717, 1.165) is 16.4 Å². The highest BCUT2D eigenvalue weighted by Crippen LogP contribution is 2.28. The molecule has 0 aliphatic carbocycles. The van der Waals surface area contributed by atoms with Crippen LogP contribution in [0.5, 0.6) is 5.75 Å². The van der Waals surface area contributed by atoms with Crippen LogP contribution >= 0.6 is 11.8 Å². The number of nitrogens with one attached hydrogen (secondary N) is 1. The van der Waals surface area contributed by atoms with Gasteiger partial charge in [0.05, 0.1) is 7.11 Å². The molecule has 4 heteroatoms. The summed E-state index contributed by atoms with van der Waals surface area (Å²) in [6.45, 7) is 2.08. The van der Waals surface area contributed by atoms with Crippen molar-refractivity contribution in [1.29, 1.82) is 0 Å². The normalized spacial score (nSPS) is 12.2. The molecule has 0 fully saturated rings. The standard InChI is InChI=1S/C17H20FNOS/c1-12-9-14(20-3)7-8-16(12)17(19-2)11-21-15-6-4-5-13(18)10-15/h4-10,17,19H,11H2,1-3H3. The first kappa shape index (κ1) is 15.9. The van der Waals surface area contributed by atoms with Gasteiger partial charge in [-0.1, -0.05) is 12.1 Å². The molecule has 0 amide bonds. The van der Waals surface area contributed by atoms with Crippen molar-refractivity contribution in [2.24, 2.45) is 0 Å². The van der Waals surface area contributed by atoms with Crippen molar-refractivity contribution in [3.63, 3.8) is 0 Å². The summed E-state index contributed by atoms with van der Waals surface area (Å²) < 4.78 is 18.4. The van der Waals surface area contributed by atoms with Gasteiger partial charge in [-0.05, 0) is 55.4 Å². The minimum Gasteiger partial charge on any atom is -0.497 e. The van der Waals surface area contributed by atoms with Crippen LogP contribution in [-0.2, 0) is 0 Å². The lowest BCUT2D eigenvalue weighted by Crippen LogP contribution is -2.19. The number of methoxy groups -OCH3 is 1. The van der Waals surface area contributed by atoms with E-state index < -0.39 is 0 Å². The molecule has 2 aromatic carbocycles. The fraction of sp³-hybridized carbons (Fsp3) is 0.294. The zero-order valence-electron chi connectivity index (χ0n) is 12.5. The number of aryl methyl sites for hydroxylation is 1. The van der Waals surface area contributed by atoms with Gasteiger partial charge in [-0.3, -0.25) is 0 Å². The number of thioether (sulfide) groups is 1. The number of halogens is 1. The highest BCUT2D eigenvalue weighted by atomic mass is 32.2. The molecule has 0 aliphatic rings. The van der Waals surface area contributed by atoms with Crippen molar-refractivity contribution in [3.05, 3.63) is 59.4 Å². The summed E-state index contributed by atoms with van der Waals surface area (Å²) in [6.07, 6.45) is 0. The molecule has 0 heterocycles. The van der Waals surface area contributed by atoms with Crippen LogP contribution in [0, 0.1) is 12.7 Å². The number of hydrogen-bond donors (Lipinski definition) is 1. The molecule has 1 unspecified atom stereocenters. The summed E-state index contributed by atoms with van der Waals surface area (Å²) in [6, 6.07) is 13.0. The number of hydrogen-bond acceptors (Lipinski definition) is 3. The summed E-state index contributed by atoms with van der Waals surface area (Å²) >= 11 is 1.65. The molecule has 1 N–H and O–H groups in total. The van der Waals surface area contributed by atoms with Crippen molar-refractivity contribution in [3.8, 4) is 5.75 Å². The van der Waals surface area contributed by atoms with Gasteiger partial charge in [0.1, 0.15) is 11.6 Å². The largest absolute Gasteiger partial charge is 0.497 e. The lowest BCUT2D eigenvalue weighted by Gasteiger charge is -2.19. The molecule has 0 saturated heterocycles. The smallest absolute Gasteiger partial charge is 0.124 e. The van der Waals surface area contributed by atoms with Gasteiger partial charge in [0.2, 0.25) is 0 Å². The highest BCUT2D eigenvalue weighted by Gasteiger charge is 2.13. The Morgan fingerprint density at radius 1 is 1.24 bits per heavy atom. The molecule has 2 rings (SSSR count). The molecule has 1 atom stereocenters. The van der Waals surface area contributed by atoms with Crippen LogP contribution in [0.4, 0.5) is 4.39 Å². The second-order valence-electron chi connectivity index (χ2n) is 4.83. The van der Waals surface area contributed by atoms with Gasteiger partial charge in [-0.2, -0.15) is 0 Å². The maximum absolute atomic E-state index is 13.2. The van der Waals surface area contributed by atoms with Crippen LogP contribution < -0.4 is 10.1 Å². The van der Waals surface area contributed by atoms with Crippen LogP contribution in [0.15, 0.2) is 47.4 Å². The molecule has 0 aromatic heterocycles. The topological polar surface area (TPSA) is 21.3 Å². The maximum atomic E-state index is 13.2. The Morgan fingerprint density at radius 2 is 2.05 bits per heavy atom. The Kier molecular flexibility index (Phi) is 5.65. The monoisotopic (exact) mass is 305 g/mol. The Balaban J connectivity index is 2.09. The quantitative estimate of drug-likeness (QED) is 0.808. The van der Waals surface area contributed by atoms with E-state index in [1.54, 1.807) is 31.0 Å². The molecule has 0 bridgehead atoms. The van der Waals surface area contributed by atoms with E-state index in [-0.39, 0.29) is 11.9 Å². The zero-order chi connectivity index (χ0) is 15.2. The van der Waals surface area contributed by atoms with Crippen LogP contribution in [0.25, 0.3) is 0 Å². The average molecular weight is 305 g/mol. The van der Waals surface area contributed by atoms with Gasteiger partial charge in [0, 0.05) is 16.7 Å². The molecule has 112 valence electrons. The number of ether oxygens (including phenoxy) is 1. The molecule has 2 aromatic rings. The molecule has 21 heavy (non-hydrogen) atoms. The lowest BCUT2D eigenvalue weighted by molar-refractivity contribution is 0.414. The summed E-state index contributed by atoms with van der Waals surface area (Å²) in [5, 5.41) is 3.33. The second kappa shape index (κ2) is 7.48. The molecule has 0 spiro atoms. The Hall–Kier alpha value is -1.52. The predicted octanol–water partition coefficient (Wildman–Crippen LogP) is 4.20. The third-order valence-corrected chi connectivity index (χ3v) is 4.50. The van der Waals surface area contributed by atoms with Gasteiger partial charge in [0.15, 0.2) is 0 Å². The summed E-state index contributed by atoms with van der Waals surface area (Å²) in [5.41, 5.74) is 2.43. The lowest BCUT2D eigenvalue weighted by atomic mass is 10.0. The van der Waals surface area contributed by atoms with Crippen molar-refractivity contribution in [1.82, 2.24) is 5.32 Å². The van der Waals surface area contributed by atoms with Crippen LogP contribution in [0.3, 0.4) is 0 Å². The third kappa shape index (κ3) is 4.22. The van der Waals surface area contributed by atoms with Crippen molar-refractivity contribution in [2.75, 3.05) is 19.9 Å². The second-order valence-corrected chi connectivity index (χ2v) is 5.93. The van der Waals surface area contributed by atoms with E-state index in [0.29, 0.717) is 0 Å².